The van der Waals surface area contributed by atoms with Crippen LogP contribution in [0.2, 0.25) is 0 Å². The number of aromatic carboxylic acids is 1. The predicted octanol–water partition coefficient (Wildman–Crippen LogP) is 3.40. The molecule has 2 atom stereocenters. The summed E-state index contributed by atoms with van der Waals surface area (Å²) < 4.78 is 0. The van der Waals surface area contributed by atoms with Crippen molar-refractivity contribution in [1.29, 1.82) is 0 Å². The summed E-state index contributed by atoms with van der Waals surface area (Å²) in [7, 11) is 2.07. The minimum atomic E-state index is -0.859. The molecular weight excluding hydrogens is 226 g/mol. The van der Waals surface area contributed by atoms with E-state index < -0.39 is 5.97 Å². The molecular formula is C15H21NO2. The monoisotopic (exact) mass is 247 g/mol. The van der Waals surface area contributed by atoms with Gasteiger partial charge in [-0.2, -0.15) is 0 Å². The molecule has 0 amide bonds. The second kappa shape index (κ2) is 5.42. The number of carbonyl (C=O) groups is 1. The molecule has 1 aromatic rings. The Balaban J connectivity index is 2.14. The Morgan fingerprint density at radius 1 is 1.39 bits per heavy atom. The van der Waals surface area contributed by atoms with E-state index in [0.29, 0.717) is 11.6 Å². The van der Waals surface area contributed by atoms with Crippen molar-refractivity contribution in [2.45, 2.75) is 38.6 Å². The lowest BCUT2D eigenvalue weighted by molar-refractivity contribution is 0.0697. The topological polar surface area (TPSA) is 40.5 Å². The Kier molecular flexibility index (Phi) is 3.90. The molecule has 1 aliphatic carbocycles. The fraction of sp³-hybridized carbons (Fsp3) is 0.533. The lowest BCUT2D eigenvalue weighted by Crippen LogP contribution is -2.35. The van der Waals surface area contributed by atoms with Crippen molar-refractivity contribution in [2.24, 2.45) is 5.92 Å². The minimum absolute atomic E-state index is 0.364. The fourth-order valence-electron chi connectivity index (χ4n) is 2.82. The average molecular weight is 247 g/mol. The van der Waals surface area contributed by atoms with Crippen molar-refractivity contribution >= 4 is 11.7 Å². The molecule has 3 nitrogen and oxygen atoms in total. The highest BCUT2D eigenvalue weighted by Gasteiger charge is 2.22. The SMILES string of the molecule is CC1CCCC(N(C)c2cccc(C(=O)O)c2)C1. The molecule has 1 aliphatic rings. The van der Waals surface area contributed by atoms with Crippen molar-refractivity contribution in [1.82, 2.24) is 0 Å². The summed E-state index contributed by atoms with van der Waals surface area (Å²) in [6.07, 6.45) is 5.00. The first-order valence-corrected chi connectivity index (χ1v) is 6.64. The van der Waals surface area contributed by atoms with Gasteiger partial charge in [-0.3, -0.25) is 0 Å². The zero-order valence-corrected chi connectivity index (χ0v) is 11.1. The van der Waals surface area contributed by atoms with Crippen LogP contribution >= 0.6 is 0 Å². The van der Waals surface area contributed by atoms with Crippen LogP contribution in [-0.4, -0.2) is 24.2 Å². The van der Waals surface area contributed by atoms with E-state index in [9.17, 15) is 4.79 Å². The molecule has 0 bridgehead atoms. The largest absolute Gasteiger partial charge is 0.478 e. The molecule has 1 aromatic carbocycles. The van der Waals surface area contributed by atoms with E-state index in [2.05, 4.69) is 18.9 Å². The fourth-order valence-corrected chi connectivity index (χ4v) is 2.82. The minimum Gasteiger partial charge on any atom is -0.478 e. The summed E-state index contributed by atoms with van der Waals surface area (Å²) in [6, 6.07) is 7.76. The van der Waals surface area contributed by atoms with Crippen LogP contribution in [0.25, 0.3) is 0 Å². The molecule has 98 valence electrons. The number of anilines is 1. The van der Waals surface area contributed by atoms with Crippen molar-refractivity contribution < 1.29 is 9.90 Å². The highest BCUT2D eigenvalue weighted by atomic mass is 16.4. The van der Waals surface area contributed by atoms with E-state index in [1.807, 2.05) is 12.1 Å². The Labute approximate surface area is 108 Å². The van der Waals surface area contributed by atoms with E-state index in [4.69, 9.17) is 5.11 Å². The maximum Gasteiger partial charge on any atom is 0.335 e. The molecule has 0 radical (unpaired) electrons. The van der Waals surface area contributed by atoms with Crippen LogP contribution in [0.5, 0.6) is 0 Å². The quantitative estimate of drug-likeness (QED) is 0.890. The van der Waals surface area contributed by atoms with Crippen molar-refractivity contribution in [2.75, 3.05) is 11.9 Å². The lowest BCUT2D eigenvalue weighted by atomic mass is 9.86. The third kappa shape index (κ3) is 2.84. The van der Waals surface area contributed by atoms with Gasteiger partial charge in [0.05, 0.1) is 5.56 Å². The van der Waals surface area contributed by atoms with Crippen LogP contribution in [0.15, 0.2) is 24.3 Å². The predicted molar refractivity (Wildman–Crippen MR) is 73.2 cm³/mol. The zero-order chi connectivity index (χ0) is 13.1. The molecule has 2 rings (SSSR count). The average Bonchev–Trinajstić information content (AvgIpc) is 2.38. The van der Waals surface area contributed by atoms with Crippen LogP contribution < -0.4 is 4.90 Å². The smallest absolute Gasteiger partial charge is 0.335 e. The van der Waals surface area contributed by atoms with Gasteiger partial charge in [-0.05, 0) is 37.0 Å². The standard InChI is InChI=1S/C15H21NO2/c1-11-5-3-7-13(9-11)16(2)14-8-4-6-12(10-14)15(17)18/h4,6,8,10-11,13H,3,5,7,9H2,1-2H3,(H,17,18). The van der Waals surface area contributed by atoms with E-state index in [0.717, 1.165) is 11.6 Å². The maximum absolute atomic E-state index is 11.0. The van der Waals surface area contributed by atoms with Gasteiger partial charge < -0.3 is 10.0 Å². The van der Waals surface area contributed by atoms with Crippen molar-refractivity contribution in [3.63, 3.8) is 0 Å². The number of hydrogen-bond acceptors (Lipinski definition) is 2. The first kappa shape index (κ1) is 12.9. The second-order valence-corrected chi connectivity index (χ2v) is 5.39. The number of carboxylic acids is 1. The second-order valence-electron chi connectivity index (χ2n) is 5.39. The van der Waals surface area contributed by atoms with Gasteiger partial charge in [-0.25, -0.2) is 4.79 Å². The summed E-state index contributed by atoms with van der Waals surface area (Å²) in [5.41, 5.74) is 1.37. The number of carboxylic acid groups (broad SMARTS) is 1. The third-order valence-corrected chi connectivity index (χ3v) is 3.96. The molecule has 1 saturated carbocycles. The van der Waals surface area contributed by atoms with Crippen LogP contribution in [0.3, 0.4) is 0 Å². The third-order valence-electron chi connectivity index (χ3n) is 3.96. The zero-order valence-electron chi connectivity index (χ0n) is 11.1. The van der Waals surface area contributed by atoms with Crippen LogP contribution in [-0.2, 0) is 0 Å². The summed E-state index contributed by atoms with van der Waals surface area (Å²) in [5, 5.41) is 9.02. The number of rotatable bonds is 3. The normalized spacial score (nSPS) is 23.7. The number of hydrogen-bond donors (Lipinski definition) is 1. The summed E-state index contributed by atoms with van der Waals surface area (Å²) in [5.74, 6) is -0.0869. The Morgan fingerprint density at radius 3 is 2.83 bits per heavy atom. The molecule has 0 aliphatic heterocycles. The van der Waals surface area contributed by atoms with Crippen molar-refractivity contribution in [3.8, 4) is 0 Å². The molecule has 0 spiro atoms. The van der Waals surface area contributed by atoms with E-state index in [-0.39, 0.29) is 0 Å². The summed E-state index contributed by atoms with van der Waals surface area (Å²) >= 11 is 0. The van der Waals surface area contributed by atoms with Crippen LogP contribution in [0.4, 0.5) is 5.69 Å². The molecule has 3 heteroatoms. The van der Waals surface area contributed by atoms with Gasteiger partial charge in [0.2, 0.25) is 0 Å². The highest BCUT2D eigenvalue weighted by Crippen LogP contribution is 2.29. The number of nitrogens with zero attached hydrogens (tertiary/aromatic N) is 1. The van der Waals surface area contributed by atoms with Gasteiger partial charge in [0.1, 0.15) is 0 Å². The number of benzene rings is 1. The van der Waals surface area contributed by atoms with Gasteiger partial charge in [0.15, 0.2) is 0 Å². The Hall–Kier alpha value is -1.51. The van der Waals surface area contributed by atoms with Crippen LogP contribution in [0, 0.1) is 5.92 Å². The molecule has 0 aromatic heterocycles. The summed E-state index contributed by atoms with van der Waals surface area (Å²) in [6.45, 7) is 2.30. The van der Waals surface area contributed by atoms with E-state index in [1.54, 1.807) is 12.1 Å². The first-order valence-electron chi connectivity index (χ1n) is 6.64. The molecule has 1 N–H and O–H groups in total. The maximum atomic E-state index is 11.0. The van der Waals surface area contributed by atoms with E-state index in [1.165, 1.54) is 25.7 Å². The molecule has 2 unspecified atom stereocenters. The molecule has 18 heavy (non-hydrogen) atoms. The Bertz CT molecular complexity index is 430. The van der Waals surface area contributed by atoms with Crippen molar-refractivity contribution in [3.05, 3.63) is 29.8 Å². The highest BCUT2D eigenvalue weighted by molar-refractivity contribution is 5.88. The van der Waals surface area contributed by atoms with E-state index >= 15 is 0 Å². The van der Waals surface area contributed by atoms with Crippen LogP contribution in [0.1, 0.15) is 43.0 Å². The molecule has 0 saturated heterocycles. The van der Waals surface area contributed by atoms with Gasteiger partial charge in [-0.15, -0.1) is 0 Å². The molecule has 0 heterocycles. The Morgan fingerprint density at radius 2 is 2.17 bits per heavy atom. The molecule has 1 fully saturated rings. The van der Waals surface area contributed by atoms with Gasteiger partial charge in [-0.1, -0.05) is 25.8 Å². The van der Waals surface area contributed by atoms with Gasteiger partial charge >= 0.3 is 5.97 Å². The first-order chi connectivity index (χ1) is 8.58. The summed E-state index contributed by atoms with van der Waals surface area (Å²) in [4.78, 5) is 13.2. The lowest BCUT2D eigenvalue weighted by Gasteiger charge is -2.35. The van der Waals surface area contributed by atoms with Gasteiger partial charge in [0, 0.05) is 18.8 Å². The van der Waals surface area contributed by atoms with Gasteiger partial charge in [0.25, 0.3) is 0 Å².